The summed E-state index contributed by atoms with van der Waals surface area (Å²) >= 11 is 1.50. The quantitative estimate of drug-likeness (QED) is 0.639. The van der Waals surface area contributed by atoms with Crippen molar-refractivity contribution in [2.45, 2.75) is 44.0 Å². The molecule has 0 spiro atoms. The summed E-state index contributed by atoms with van der Waals surface area (Å²) in [6.45, 7) is 7.79. The van der Waals surface area contributed by atoms with Gasteiger partial charge >= 0.3 is 0 Å². The number of hydrogen-bond donors (Lipinski definition) is 0. The summed E-state index contributed by atoms with van der Waals surface area (Å²) in [6, 6.07) is 12.2. The lowest BCUT2D eigenvalue weighted by Crippen LogP contribution is -2.34. The van der Waals surface area contributed by atoms with Crippen LogP contribution in [0.15, 0.2) is 41.6 Å². The molecule has 1 saturated heterocycles. The Kier molecular flexibility index (Phi) is 4.91. The molecular weight excluding hydrogens is 356 g/mol. The van der Waals surface area contributed by atoms with Gasteiger partial charge in [0.05, 0.1) is 22.2 Å². The monoisotopic (exact) mass is 380 g/mol. The number of carbonyl (C=O) groups is 1. The minimum absolute atomic E-state index is 0.181. The highest BCUT2D eigenvalue weighted by Crippen LogP contribution is 2.33. The second-order valence-corrected chi connectivity index (χ2v) is 8.44. The molecule has 1 fully saturated rings. The van der Waals surface area contributed by atoms with Crippen molar-refractivity contribution in [3.63, 3.8) is 0 Å². The van der Waals surface area contributed by atoms with Gasteiger partial charge in [-0.3, -0.25) is 4.79 Å². The first kappa shape index (κ1) is 18.0. The Bertz CT molecular complexity index is 977. The molecule has 4 rings (SSSR count). The number of fused-ring (bicyclic) bond motifs is 1. The molecule has 0 N–H and O–H groups in total. The Morgan fingerprint density at radius 3 is 2.56 bits per heavy atom. The number of imidazole rings is 1. The predicted molar refractivity (Wildman–Crippen MR) is 109 cm³/mol. The van der Waals surface area contributed by atoms with Crippen LogP contribution in [0.3, 0.4) is 0 Å². The Morgan fingerprint density at radius 1 is 1.15 bits per heavy atom. The first-order chi connectivity index (χ1) is 13.0. The van der Waals surface area contributed by atoms with Crippen molar-refractivity contribution in [3.8, 4) is 11.3 Å². The van der Waals surface area contributed by atoms with E-state index in [1.165, 1.54) is 11.8 Å². The van der Waals surface area contributed by atoms with Crippen LogP contribution in [0.2, 0.25) is 0 Å². The molecule has 1 unspecified atom stereocenters. The smallest absolute Gasteiger partial charge is 0.235 e. The molecule has 0 bridgehead atoms. The van der Waals surface area contributed by atoms with Crippen LogP contribution >= 0.6 is 11.8 Å². The average molecular weight is 381 g/mol. The van der Waals surface area contributed by atoms with Crippen LogP contribution in [0.4, 0.5) is 0 Å². The van der Waals surface area contributed by atoms with Crippen LogP contribution in [0.5, 0.6) is 0 Å². The van der Waals surface area contributed by atoms with Crippen LogP contribution in [0.25, 0.3) is 16.8 Å². The summed E-state index contributed by atoms with van der Waals surface area (Å²) in [4.78, 5) is 19.6. The maximum absolute atomic E-state index is 12.7. The third-order valence-electron chi connectivity index (χ3n) is 4.98. The number of aryl methyl sites for hydroxylation is 2. The van der Waals surface area contributed by atoms with E-state index in [0.717, 1.165) is 59.1 Å². The fourth-order valence-electron chi connectivity index (χ4n) is 3.68. The van der Waals surface area contributed by atoms with Gasteiger partial charge in [0.1, 0.15) is 0 Å². The molecule has 140 valence electrons. The Hall–Kier alpha value is -2.34. The van der Waals surface area contributed by atoms with E-state index in [9.17, 15) is 4.79 Å². The van der Waals surface area contributed by atoms with Gasteiger partial charge in [-0.25, -0.2) is 9.50 Å². The molecule has 3 aromatic rings. The number of thioether (sulfide) groups is 1. The van der Waals surface area contributed by atoms with Crippen LogP contribution in [-0.2, 0) is 4.79 Å². The van der Waals surface area contributed by atoms with Crippen molar-refractivity contribution >= 4 is 23.2 Å². The van der Waals surface area contributed by atoms with Crippen LogP contribution in [0.1, 0.15) is 31.0 Å². The van der Waals surface area contributed by atoms with Gasteiger partial charge in [0.2, 0.25) is 5.91 Å². The maximum Gasteiger partial charge on any atom is 0.235 e. The molecule has 5 nitrogen and oxygen atoms in total. The van der Waals surface area contributed by atoms with E-state index in [4.69, 9.17) is 10.1 Å². The van der Waals surface area contributed by atoms with Gasteiger partial charge < -0.3 is 4.90 Å². The number of nitrogens with zero attached hydrogens (tertiary/aromatic N) is 4. The summed E-state index contributed by atoms with van der Waals surface area (Å²) in [5, 5.41) is 5.29. The molecule has 1 aromatic carbocycles. The third kappa shape index (κ3) is 3.46. The number of carbonyl (C=O) groups excluding carboxylic acids is 1. The van der Waals surface area contributed by atoms with E-state index in [1.54, 1.807) is 0 Å². The fourth-order valence-corrected chi connectivity index (χ4v) is 4.63. The summed E-state index contributed by atoms with van der Waals surface area (Å²) in [5.74, 6) is 0.194. The summed E-state index contributed by atoms with van der Waals surface area (Å²) in [7, 11) is 0. The number of amides is 1. The highest BCUT2D eigenvalue weighted by atomic mass is 32.2. The van der Waals surface area contributed by atoms with E-state index in [0.29, 0.717) is 0 Å². The number of hydrogen-bond acceptors (Lipinski definition) is 4. The topological polar surface area (TPSA) is 50.5 Å². The lowest BCUT2D eigenvalue weighted by Gasteiger charge is -2.19. The van der Waals surface area contributed by atoms with Gasteiger partial charge in [-0.2, -0.15) is 5.10 Å². The fraction of sp³-hybridized carbons (Fsp3) is 0.381. The third-order valence-corrected chi connectivity index (χ3v) is 6.01. The largest absolute Gasteiger partial charge is 0.342 e. The molecule has 0 aliphatic carbocycles. The Balaban J connectivity index is 1.75. The average Bonchev–Trinajstić information content (AvgIpc) is 3.30. The minimum atomic E-state index is -0.181. The molecule has 1 aliphatic heterocycles. The van der Waals surface area contributed by atoms with Crippen molar-refractivity contribution < 1.29 is 4.79 Å². The molecule has 0 radical (unpaired) electrons. The van der Waals surface area contributed by atoms with Crippen LogP contribution < -0.4 is 0 Å². The maximum atomic E-state index is 12.7. The lowest BCUT2D eigenvalue weighted by molar-refractivity contribution is -0.129. The summed E-state index contributed by atoms with van der Waals surface area (Å²) in [5.41, 5.74) is 5.07. The van der Waals surface area contributed by atoms with E-state index in [-0.39, 0.29) is 11.2 Å². The highest BCUT2D eigenvalue weighted by Gasteiger charge is 2.26. The lowest BCUT2D eigenvalue weighted by atomic mass is 10.1. The minimum Gasteiger partial charge on any atom is -0.342 e. The number of benzene rings is 1. The molecular formula is C21H24N4OS. The van der Waals surface area contributed by atoms with Gasteiger partial charge in [-0.15, -0.1) is 0 Å². The van der Waals surface area contributed by atoms with Crippen LogP contribution in [0, 0.1) is 13.8 Å². The Labute approximate surface area is 163 Å². The van der Waals surface area contributed by atoms with Crippen molar-refractivity contribution in [1.82, 2.24) is 19.5 Å². The van der Waals surface area contributed by atoms with E-state index >= 15 is 0 Å². The number of likely N-dealkylation sites (tertiary alicyclic amines) is 1. The summed E-state index contributed by atoms with van der Waals surface area (Å²) in [6.07, 6.45) is 2.21. The van der Waals surface area contributed by atoms with Gasteiger partial charge in [-0.1, -0.05) is 42.1 Å². The van der Waals surface area contributed by atoms with Crippen molar-refractivity contribution in [3.05, 3.63) is 47.7 Å². The SMILES string of the molecule is Cc1cc(C)c2c(-c3ccccc3)nc(SC(C)C(=O)N3CCCC3)n2n1. The van der Waals surface area contributed by atoms with Gasteiger partial charge in [0, 0.05) is 18.7 Å². The molecule has 1 aliphatic rings. The second kappa shape index (κ2) is 7.35. The van der Waals surface area contributed by atoms with Gasteiger partial charge in [0.25, 0.3) is 0 Å². The first-order valence-electron chi connectivity index (χ1n) is 9.42. The Morgan fingerprint density at radius 2 is 1.85 bits per heavy atom. The standard InChI is InChI=1S/C21H24N4OS/c1-14-13-15(2)23-25-19(14)18(17-9-5-4-6-10-17)22-21(25)27-16(3)20(26)24-11-7-8-12-24/h4-6,9-10,13,16H,7-8,11-12H2,1-3H3. The van der Waals surface area contributed by atoms with E-state index < -0.39 is 0 Å². The zero-order valence-electron chi connectivity index (χ0n) is 16.0. The predicted octanol–water partition coefficient (Wildman–Crippen LogP) is 4.12. The second-order valence-electron chi connectivity index (χ2n) is 7.13. The zero-order valence-corrected chi connectivity index (χ0v) is 16.8. The van der Waals surface area contributed by atoms with Crippen molar-refractivity contribution in [2.24, 2.45) is 0 Å². The van der Waals surface area contributed by atoms with Gasteiger partial charge in [-0.05, 0) is 45.2 Å². The van der Waals surface area contributed by atoms with Gasteiger partial charge in [0.15, 0.2) is 5.16 Å². The number of rotatable bonds is 4. The molecule has 1 atom stereocenters. The van der Waals surface area contributed by atoms with E-state index in [1.807, 2.05) is 41.5 Å². The molecule has 6 heteroatoms. The number of aromatic nitrogens is 3. The molecule has 3 heterocycles. The van der Waals surface area contributed by atoms with E-state index in [2.05, 4.69) is 25.1 Å². The molecule has 2 aromatic heterocycles. The zero-order chi connectivity index (χ0) is 19.0. The first-order valence-corrected chi connectivity index (χ1v) is 10.3. The normalized spacial score (nSPS) is 15.4. The van der Waals surface area contributed by atoms with Crippen molar-refractivity contribution in [2.75, 3.05) is 13.1 Å². The molecule has 0 saturated carbocycles. The molecule has 27 heavy (non-hydrogen) atoms. The summed E-state index contributed by atoms with van der Waals surface area (Å²) < 4.78 is 1.91. The van der Waals surface area contributed by atoms with Crippen LogP contribution in [-0.4, -0.2) is 43.7 Å². The highest BCUT2D eigenvalue weighted by molar-refractivity contribution is 8.00. The molecule has 1 amide bonds. The van der Waals surface area contributed by atoms with Crippen molar-refractivity contribution in [1.29, 1.82) is 0 Å².